The van der Waals surface area contributed by atoms with E-state index in [9.17, 15) is 4.79 Å². The van der Waals surface area contributed by atoms with Crippen molar-refractivity contribution in [1.82, 2.24) is 14.8 Å². The molecule has 1 amide bonds. The number of nitrogens with one attached hydrogen (secondary N) is 1. The first-order valence-corrected chi connectivity index (χ1v) is 7.96. The summed E-state index contributed by atoms with van der Waals surface area (Å²) in [4.78, 5) is 16.8. The Bertz CT molecular complexity index is 885. The fraction of sp³-hybridized carbons (Fsp3) is 0.211. The van der Waals surface area contributed by atoms with E-state index in [1.165, 1.54) is 0 Å². The highest BCUT2D eigenvalue weighted by molar-refractivity contribution is 6.04. The van der Waals surface area contributed by atoms with Crippen LogP contribution in [0.15, 0.2) is 48.7 Å². The Morgan fingerprint density at radius 1 is 1.20 bits per heavy atom. The Labute approximate surface area is 146 Å². The van der Waals surface area contributed by atoms with Crippen LogP contribution < -0.4 is 5.32 Å². The minimum atomic E-state index is -0.182. The van der Waals surface area contributed by atoms with Crippen LogP contribution in [0.25, 0.3) is 5.82 Å². The molecule has 0 spiro atoms. The summed E-state index contributed by atoms with van der Waals surface area (Å²) in [7, 11) is 1.63. The number of hydrogen-bond donors (Lipinski definition) is 1. The average molecular weight is 336 g/mol. The van der Waals surface area contributed by atoms with Gasteiger partial charge in [-0.1, -0.05) is 12.1 Å². The molecule has 0 atom stereocenters. The first kappa shape index (κ1) is 16.9. The number of amides is 1. The van der Waals surface area contributed by atoms with Gasteiger partial charge in [0.05, 0.1) is 24.2 Å². The van der Waals surface area contributed by atoms with Crippen molar-refractivity contribution in [3.63, 3.8) is 0 Å². The van der Waals surface area contributed by atoms with Gasteiger partial charge in [0, 0.05) is 18.4 Å². The fourth-order valence-electron chi connectivity index (χ4n) is 2.62. The highest BCUT2D eigenvalue weighted by atomic mass is 16.5. The molecule has 3 rings (SSSR count). The number of anilines is 1. The van der Waals surface area contributed by atoms with Crippen molar-refractivity contribution in [3.8, 4) is 5.82 Å². The molecule has 0 unspecified atom stereocenters. The van der Waals surface area contributed by atoms with E-state index in [1.54, 1.807) is 24.1 Å². The Kier molecular flexibility index (Phi) is 4.90. The molecule has 128 valence electrons. The van der Waals surface area contributed by atoms with Gasteiger partial charge in [0.15, 0.2) is 5.82 Å². The number of benzene rings is 1. The van der Waals surface area contributed by atoms with Crippen LogP contribution in [0.3, 0.4) is 0 Å². The molecule has 0 saturated carbocycles. The van der Waals surface area contributed by atoms with Gasteiger partial charge in [-0.15, -0.1) is 0 Å². The van der Waals surface area contributed by atoms with Crippen LogP contribution in [-0.2, 0) is 11.3 Å². The summed E-state index contributed by atoms with van der Waals surface area (Å²) in [6, 6.07) is 13.0. The Hall–Kier alpha value is -2.99. The van der Waals surface area contributed by atoms with E-state index >= 15 is 0 Å². The van der Waals surface area contributed by atoms with Crippen LogP contribution in [0.5, 0.6) is 0 Å². The lowest BCUT2D eigenvalue weighted by molar-refractivity contribution is 0.102. The number of carbonyl (C=O) groups excluding carboxylic acids is 1. The monoisotopic (exact) mass is 336 g/mol. The smallest absolute Gasteiger partial charge is 0.255 e. The zero-order chi connectivity index (χ0) is 17.8. The molecule has 25 heavy (non-hydrogen) atoms. The number of aryl methyl sites for hydroxylation is 2. The first-order chi connectivity index (χ1) is 12.1. The van der Waals surface area contributed by atoms with Gasteiger partial charge >= 0.3 is 0 Å². The van der Waals surface area contributed by atoms with E-state index in [0.29, 0.717) is 23.7 Å². The molecule has 0 saturated heterocycles. The van der Waals surface area contributed by atoms with Gasteiger partial charge in [0.2, 0.25) is 0 Å². The molecule has 3 aromatic rings. The van der Waals surface area contributed by atoms with Gasteiger partial charge in [-0.3, -0.25) is 4.79 Å². The first-order valence-electron chi connectivity index (χ1n) is 7.96. The number of ether oxygens (including phenoxy) is 1. The summed E-state index contributed by atoms with van der Waals surface area (Å²) in [6.45, 7) is 4.39. The van der Waals surface area contributed by atoms with E-state index < -0.39 is 0 Å². The molecule has 2 aromatic heterocycles. The predicted molar refractivity (Wildman–Crippen MR) is 95.9 cm³/mol. The van der Waals surface area contributed by atoms with E-state index in [2.05, 4.69) is 15.4 Å². The summed E-state index contributed by atoms with van der Waals surface area (Å²) in [5.74, 6) is 0.532. The van der Waals surface area contributed by atoms with Crippen molar-refractivity contribution in [3.05, 3.63) is 71.2 Å². The van der Waals surface area contributed by atoms with E-state index in [-0.39, 0.29) is 5.91 Å². The average Bonchev–Trinajstić information content (AvgIpc) is 2.94. The predicted octanol–water partition coefficient (Wildman–Crippen LogP) is 3.28. The van der Waals surface area contributed by atoms with Gasteiger partial charge in [0.25, 0.3) is 5.91 Å². The van der Waals surface area contributed by atoms with Crippen molar-refractivity contribution < 1.29 is 9.53 Å². The second kappa shape index (κ2) is 7.27. The maximum Gasteiger partial charge on any atom is 0.255 e. The molecule has 6 nitrogen and oxygen atoms in total. The van der Waals surface area contributed by atoms with Gasteiger partial charge in [-0.25, -0.2) is 9.67 Å². The van der Waals surface area contributed by atoms with E-state index in [1.807, 2.05) is 50.2 Å². The minimum absolute atomic E-state index is 0.182. The zero-order valence-electron chi connectivity index (χ0n) is 14.5. The number of nitrogens with zero attached hydrogens (tertiary/aromatic N) is 3. The number of carbonyl (C=O) groups is 1. The minimum Gasteiger partial charge on any atom is -0.380 e. The highest BCUT2D eigenvalue weighted by Crippen LogP contribution is 2.14. The van der Waals surface area contributed by atoms with Gasteiger partial charge in [-0.05, 0) is 49.7 Å². The zero-order valence-corrected chi connectivity index (χ0v) is 14.5. The van der Waals surface area contributed by atoms with Crippen LogP contribution in [0.2, 0.25) is 0 Å². The fourth-order valence-corrected chi connectivity index (χ4v) is 2.62. The maximum absolute atomic E-state index is 12.4. The van der Waals surface area contributed by atoms with Gasteiger partial charge in [0.1, 0.15) is 0 Å². The number of hydrogen-bond acceptors (Lipinski definition) is 4. The van der Waals surface area contributed by atoms with Crippen LogP contribution in [-0.4, -0.2) is 27.8 Å². The summed E-state index contributed by atoms with van der Waals surface area (Å²) in [5.41, 5.74) is 4.11. The second-order valence-corrected chi connectivity index (χ2v) is 5.83. The summed E-state index contributed by atoms with van der Waals surface area (Å²) < 4.78 is 6.87. The Morgan fingerprint density at radius 3 is 2.68 bits per heavy atom. The van der Waals surface area contributed by atoms with Crippen molar-refractivity contribution in [2.24, 2.45) is 0 Å². The van der Waals surface area contributed by atoms with Crippen LogP contribution in [0.4, 0.5) is 5.69 Å². The molecule has 1 N–H and O–H groups in total. The van der Waals surface area contributed by atoms with Crippen LogP contribution in [0.1, 0.15) is 27.3 Å². The Morgan fingerprint density at radius 2 is 2.04 bits per heavy atom. The number of pyridine rings is 1. The molecule has 0 bridgehead atoms. The number of aromatic nitrogens is 3. The molecule has 0 aliphatic rings. The second-order valence-electron chi connectivity index (χ2n) is 5.83. The standard InChI is InChI=1S/C19H20N4O2/c1-13-9-14(2)23(22-13)18-8-7-17(11-20-18)21-19(24)16-6-4-5-15(10-16)12-25-3/h4-11H,12H2,1-3H3,(H,21,24). The molecule has 2 heterocycles. The maximum atomic E-state index is 12.4. The molecule has 0 radical (unpaired) electrons. The molecule has 6 heteroatoms. The summed E-state index contributed by atoms with van der Waals surface area (Å²) in [6.07, 6.45) is 1.63. The highest BCUT2D eigenvalue weighted by Gasteiger charge is 2.09. The lowest BCUT2D eigenvalue weighted by Crippen LogP contribution is -2.13. The third-order valence-electron chi connectivity index (χ3n) is 3.73. The summed E-state index contributed by atoms with van der Waals surface area (Å²) >= 11 is 0. The molecule has 0 fully saturated rings. The molecule has 0 aliphatic heterocycles. The van der Waals surface area contributed by atoms with Crippen molar-refractivity contribution in [1.29, 1.82) is 0 Å². The number of methoxy groups -OCH3 is 1. The Balaban J connectivity index is 1.74. The topological polar surface area (TPSA) is 69.0 Å². The molecular weight excluding hydrogens is 316 g/mol. The number of rotatable bonds is 5. The third kappa shape index (κ3) is 3.92. The SMILES string of the molecule is COCc1cccc(C(=O)Nc2ccc(-n3nc(C)cc3C)nc2)c1. The van der Waals surface area contributed by atoms with Crippen molar-refractivity contribution >= 4 is 11.6 Å². The van der Waals surface area contributed by atoms with Gasteiger partial charge in [-0.2, -0.15) is 5.10 Å². The quantitative estimate of drug-likeness (QED) is 0.776. The normalized spacial score (nSPS) is 10.7. The van der Waals surface area contributed by atoms with E-state index in [4.69, 9.17) is 4.74 Å². The van der Waals surface area contributed by atoms with E-state index in [0.717, 1.165) is 17.0 Å². The van der Waals surface area contributed by atoms with Crippen molar-refractivity contribution in [2.75, 3.05) is 12.4 Å². The van der Waals surface area contributed by atoms with Crippen LogP contribution >= 0.6 is 0 Å². The largest absolute Gasteiger partial charge is 0.380 e. The molecule has 0 aliphatic carbocycles. The lowest BCUT2D eigenvalue weighted by Gasteiger charge is -2.08. The third-order valence-corrected chi connectivity index (χ3v) is 3.73. The lowest BCUT2D eigenvalue weighted by atomic mass is 10.1. The summed E-state index contributed by atoms with van der Waals surface area (Å²) in [5, 5.41) is 7.25. The molecule has 1 aromatic carbocycles. The van der Waals surface area contributed by atoms with Gasteiger partial charge < -0.3 is 10.1 Å². The van der Waals surface area contributed by atoms with Crippen LogP contribution in [0, 0.1) is 13.8 Å². The van der Waals surface area contributed by atoms with Crippen molar-refractivity contribution in [2.45, 2.75) is 20.5 Å². The molecular formula is C19H20N4O2.